The second-order valence-electron chi connectivity index (χ2n) is 3.76. The second-order valence-corrected chi connectivity index (χ2v) is 4.58. The molecule has 0 amide bonds. The molecule has 2 rings (SSSR count). The van der Waals surface area contributed by atoms with Crippen LogP contribution < -0.4 is 4.74 Å². The van der Waals surface area contributed by atoms with Gasteiger partial charge in [-0.3, -0.25) is 4.79 Å². The topological polar surface area (TPSA) is 52.1 Å². The predicted molar refractivity (Wildman–Crippen MR) is 73.1 cm³/mol. The molecule has 0 spiro atoms. The van der Waals surface area contributed by atoms with E-state index in [1.807, 2.05) is 0 Å². The molecule has 0 aliphatic carbocycles. The van der Waals surface area contributed by atoms with Gasteiger partial charge < -0.3 is 4.74 Å². The molecular weight excluding hydrogens is 287 g/mol. The number of carbonyl (C=O) groups is 1. The van der Waals surface area contributed by atoms with Crippen molar-refractivity contribution in [3.05, 3.63) is 51.6 Å². The van der Waals surface area contributed by atoms with Crippen molar-refractivity contribution < 1.29 is 9.53 Å². The van der Waals surface area contributed by atoms with Crippen molar-refractivity contribution in [1.29, 1.82) is 0 Å². The van der Waals surface area contributed by atoms with E-state index in [0.717, 1.165) is 0 Å². The molecule has 0 radical (unpaired) electrons. The third-order valence-corrected chi connectivity index (χ3v) is 3.24. The van der Waals surface area contributed by atoms with Gasteiger partial charge in [0.05, 0.1) is 7.11 Å². The lowest BCUT2D eigenvalue weighted by molar-refractivity contribution is 0.0987. The van der Waals surface area contributed by atoms with Crippen LogP contribution in [0.4, 0.5) is 0 Å². The average Bonchev–Trinajstić information content (AvgIpc) is 2.43. The quantitative estimate of drug-likeness (QED) is 0.813. The van der Waals surface area contributed by atoms with Gasteiger partial charge in [-0.05, 0) is 23.8 Å². The first-order chi connectivity index (χ1) is 9.11. The fourth-order valence-corrected chi connectivity index (χ4v) is 2.06. The molecule has 1 heterocycles. The Morgan fingerprint density at radius 1 is 1.16 bits per heavy atom. The summed E-state index contributed by atoms with van der Waals surface area (Å²) in [7, 11) is 1.48. The van der Waals surface area contributed by atoms with E-state index in [-0.39, 0.29) is 17.9 Å². The fraction of sp³-hybridized carbons (Fsp3) is 0.154. The van der Waals surface area contributed by atoms with Crippen LogP contribution in [0.15, 0.2) is 30.3 Å². The van der Waals surface area contributed by atoms with Crippen LogP contribution in [0.1, 0.15) is 16.1 Å². The second kappa shape index (κ2) is 5.99. The maximum Gasteiger partial charge on any atom is 0.233 e. The number of aromatic nitrogens is 2. The molecule has 0 unspecified atom stereocenters. The van der Waals surface area contributed by atoms with Gasteiger partial charge in [0.15, 0.2) is 5.78 Å². The first kappa shape index (κ1) is 13.8. The Hall–Kier alpha value is -1.65. The van der Waals surface area contributed by atoms with Gasteiger partial charge >= 0.3 is 0 Å². The van der Waals surface area contributed by atoms with Crippen molar-refractivity contribution in [3.8, 4) is 5.88 Å². The fourth-order valence-electron chi connectivity index (χ4n) is 1.53. The van der Waals surface area contributed by atoms with Crippen molar-refractivity contribution in [1.82, 2.24) is 10.2 Å². The number of nitrogens with zero attached hydrogens (tertiary/aromatic N) is 2. The highest BCUT2D eigenvalue weighted by molar-refractivity contribution is 6.36. The molecule has 2 aromatic rings. The van der Waals surface area contributed by atoms with E-state index >= 15 is 0 Å². The number of hydrogen-bond donors (Lipinski definition) is 0. The minimum Gasteiger partial charge on any atom is -0.480 e. The predicted octanol–water partition coefficient (Wildman–Crippen LogP) is 3.22. The highest BCUT2D eigenvalue weighted by Crippen LogP contribution is 2.25. The molecule has 98 valence electrons. The number of halogens is 2. The standard InChI is InChI=1S/C13H10Cl2N2O2/c1-19-13-6-5-11(16-17-13)12(18)7-8-9(14)3-2-4-10(8)15/h2-6H,7H2,1H3. The molecule has 19 heavy (non-hydrogen) atoms. The average molecular weight is 297 g/mol. The minimum absolute atomic E-state index is 0.0829. The van der Waals surface area contributed by atoms with Gasteiger partial charge in [0.2, 0.25) is 5.88 Å². The van der Waals surface area contributed by atoms with E-state index in [1.165, 1.54) is 7.11 Å². The normalized spacial score (nSPS) is 10.3. The number of ketones is 1. The zero-order valence-corrected chi connectivity index (χ0v) is 11.6. The maximum absolute atomic E-state index is 12.1. The number of benzene rings is 1. The smallest absolute Gasteiger partial charge is 0.233 e. The number of ether oxygens (including phenoxy) is 1. The highest BCUT2D eigenvalue weighted by Gasteiger charge is 2.14. The maximum atomic E-state index is 12.1. The summed E-state index contributed by atoms with van der Waals surface area (Å²) in [6, 6.07) is 8.24. The van der Waals surface area contributed by atoms with Gasteiger partial charge in [0.1, 0.15) is 5.69 Å². The van der Waals surface area contributed by atoms with Crippen LogP contribution in [-0.2, 0) is 6.42 Å². The van der Waals surface area contributed by atoms with Crippen LogP contribution in [0.3, 0.4) is 0 Å². The minimum atomic E-state index is -0.204. The van der Waals surface area contributed by atoms with Gasteiger partial charge in [-0.1, -0.05) is 29.3 Å². The number of Topliss-reactive ketones (excluding diaryl/α,β-unsaturated/α-hetero) is 1. The summed E-state index contributed by atoms with van der Waals surface area (Å²) in [6.45, 7) is 0. The van der Waals surface area contributed by atoms with Gasteiger partial charge in [-0.2, -0.15) is 0 Å². The van der Waals surface area contributed by atoms with Crippen LogP contribution in [0.5, 0.6) is 5.88 Å². The molecule has 0 saturated carbocycles. The molecule has 1 aromatic heterocycles. The first-order valence-electron chi connectivity index (χ1n) is 5.45. The Bertz CT molecular complexity index is 580. The van der Waals surface area contributed by atoms with E-state index in [9.17, 15) is 4.79 Å². The lowest BCUT2D eigenvalue weighted by Gasteiger charge is -2.05. The molecule has 4 nitrogen and oxygen atoms in total. The summed E-state index contributed by atoms with van der Waals surface area (Å²) in [5.74, 6) is 0.150. The van der Waals surface area contributed by atoms with E-state index in [1.54, 1.807) is 30.3 Å². The summed E-state index contributed by atoms with van der Waals surface area (Å²) in [5, 5.41) is 8.46. The van der Waals surface area contributed by atoms with Crippen LogP contribution >= 0.6 is 23.2 Å². The van der Waals surface area contributed by atoms with Crippen LogP contribution in [0.25, 0.3) is 0 Å². The monoisotopic (exact) mass is 296 g/mol. The molecule has 0 atom stereocenters. The molecule has 0 N–H and O–H groups in total. The summed E-state index contributed by atoms with van der Waals surface area (Å²) in [4.78, 5) is 12.1. The summed E-state index contributed by atoms with van der Waals surface area (Å²) >= 11 is 12.0. The molecule has 6 heteroatoms. The Balaban J connectivity index is 2.20. The van der Waals surface area contributed by atoms with Crippen molar-refractivity contribution in [3.63, 3.8) is 0 Å². The zero-order chi connectivity index (χ0) is 13.8. The number of rotatable bonds is 4. The Morgan fingerprint density at radius 2 is 1.84 bits per heavy atom. The SMILES string of the molecule is COc1ccc(C(=O)Cc2c(Cl)cccc2Cl)nn1. The van der Waals surface area contributed by atoms with Gasteiger partial charge in [-0.25, -0.2) is 0 Å². The third-order valence-electron chi connectivity index (χ3n) is 2.53. The molecule has 1 aromatic carbocycles. The third kappa shape index (κ3) is 3.22. The van der Waals surface area contributed by atoms with E-state index in [2.05, 4.69) is 10.2 Å². The zero-order valence-electron chi connectivity index (χ0n) is 10.1. The molecule has 0 saturated heterocycles. The van der Waals surface area contributed by atoms with Gasteiger partial charge in [0.25, 0.3) is 0 Å². The van der Waals surface area contributed by atoms with Crippen molar-refractivity contribution in [2.24, 2.45) is 0 Å². The number of carbonyl (C=O) groups excluding carboxylic acids is 1. The Labute approximate surface area is 120 Å². The summed E-state index contributed by atoms with van der Waals surface area (Å²) in [5.41, 5.74) is 0.838. The van der Waals surface area contributed by atoms with Gasteiger partial charge in [-0.15, -0.1) is 10.2 Å². The lowest BCUT2D eigenvalue weighted by Crippen LogP contribution is -2.08. The van der Waals surface area contributed by atoms with E-state index < -0.39 is 0 Å². The van der Waals surface area contributed by atoms with Crippen molar-refractivity contribution in [2.45, 2.75) is 6.42 Å². The van der Waals surface area contributed by atoms with Crippen LogP contribution in [-0.4, -0.2) is 23.1 Å². The Morgan fingerprint density at radius 3 is 2.37 bits per heavy atom. The molecule has 0 aliphatic rings. The summed E-state index contributed by atoms with van der Waals surface area (Å²) in [6.07, 6.45) is 0.0829. The van der Waals surface area contributed by atoms with Crippen molar-refractivity contribution >= 4 is 29.0 Å². The van der Waals surface area contributed by atoms with Crippen LogP contribution in [0.2, 0.25) is 10.0 Å². The van der Waals surface area contributed by atoms with Gasteiger partial charge in [0, 0.05) is 22.5 Å². The van der Waals surface area contributed by atoms with Crippen LogP contribution in [0, 0.1) is 0 Å². The van der Waals surface area contributed by atoms with E-state index in [4.69, 9.17) is 27.9 Å². The highest BCUT2D eigenvalue weighted by atomic mass is 35.5. The van der Waals surface area contributed by atoms with Crippen molar-refractivity contribution in [2.75, 3.05) is 7.11 Å². The number of methoxy groups -OCH3 is 1. The molecule has 0 bridgehead atoms. The molecule has 0 aliphatic heterocycles. The number of hydrogen-bond acceptors (Lipinski definition) is 4. The summed E-state index contributed by atoms with van der Waals surface area (Å²) < 4.78 is 4.88. The molecule has 0 fully saturated rings. The largest absolute Gasteiger partial charge is 0.480 e. The lowest BCUT2D eigenvalue weighted by atomic mass is 10.1. The Kier molecular flexibility index (Phi) is 4.35. The molecular formula is C13H10Cl2N2O2. The van der Waals surface area contributed by atoms with E-state index in [0.29, 0.717) is 21.5 Å². The first-order valence-corrected chi connectivity index (χ1v) is 6.21.